The van der Waals surface area contributed by atoms with E-state index in [-0.39, 0.29) is 24.5 Å². The molecule has 0 fully saturated rings. The van der Waals surface area contributed by atoms with Crippen molar-refractivity contribution in [2.75, 3.05) is 33.1 Å². The molecule has 0 spiro atoms. The van der Waals surface area contributed by atoms with Gasteiger partial charge in [-0.3, -0.25) is 9.78 Å². The van der Waals surface area contributed by atoms with Crippen LogP contribution in [0.1, 0.15) is 6.42 Å². The summed E-state index contributed by atoms with van der Waals surface area (Å²) in [6.07, 6.45) is 3.44. The third kappa shape index (κ3) is 4.78. The first-order valence-electron chi connectivity index (χ1n) is 10.6. The van der Waals surface area contributed by atoms with E-state index in [1.807, 2.05) is 6.07 Å². The molecule has 0 saturated carbocycles. The SMILES string of the molecule is CNc1nc(-c2cccnc2)nc2c(OCCC(=O)N(C)C)cc(-c3cc(F)ccc3F)cc12. The molecule has 1 amide bonds. The number of hydrogen-bond donors (Lipinski definition) is 1. The Morgan fingerprint density at radius 2 is 1.91 bits per heavy atom. The van der Waals surface area contributed by atoms with Crippen LogP contribution in [0.2, 0.25) is 0 Å². The van der Waals surface area contributed by atoms with Crippen LogP contribution < -0.4 is 10.1 Å². The average molecular weight is 463 g/mol. The van der Waals surface area contributed by atoms with Gasteiger partial charge < -0.3 is 15.0 Å². The average Bonchev–Trinajstić information content (AvgIpc) is 2.85. The van der Waals surface area contributed by atoms with E-state index in [0.29, 0.717) is 39.4 Å². The van der Waals surface area contributed by atoms with Gasteiger partial charge in [-0.15, -0.1) is 0 Å². The van der Waals surface area contributed by atoms with Gasteiger partial charge in [-0.2, -0.15) is 0 Å². The number of ether oxygens (including phenoxy) is 1. The summed E-state index contributed by atoms with van der Waals surface area (Å²) in [5, 5.41) is 3.61. The van der Waals surface area contributed by atoms with E-state index in [9.17, 15) is 13.6 Å². The van der Waals surface area contributed by atoms with Gasteiger partial charge in [-0.25, -0.2) is 18.7 Å². The number of fused-ring (bicyclic) bond motifs is 1. The fraction of sp³-hybridized carbons (Fsp3) is 0.200. The predicted molar refractivity (Wildman–Crippen MR) is 126 cm³/mol. The molecule has 7 nitrogen and oxygen atoms in total. The number of benzene rings is 2. The van der Waals surface area contributed by atoms with Gasteiger partial charge in [0.25, 0.3) is 0 Å². The van der Waals surface area contributed by atoms with Gasteiger partial charge in [0.15, 0.2) is 5.82 Å². The molecular weight excluding hydrogens is 440 g/mol. The maximum Gasteiger partial charge on any atom is 0.225 e. The zero-order valence-corrected chi connectivity index (χ0v) is 19.0. The number of pyridine rings is 1. The fourth-order valence-corrected chi connectivity index (χ4v) is 3.47. The molecule has 2 aromatic heterocycles. The lowest BCUT2D eigenvalue weighted by Gasteiger charge is -2.16. The maximum atomic E-state index is 14.6. The number of anilines is 1. The number of nitrogens with one attached hydrogen (secondary N) is 1. The third-order valence-corrected chi connectivity index (χ3v) is 5.23. The topological polar surface area (TPSA) is 80.2 Å². The van der Waals surface area contributed by atoms with Gasteiger partial charge in [-0.1, -0.05) is 0 Å². The first-order chi connectivity index (χ1) is 16.4. The van der Waals surface area contributed by atoms with Crippen LogP contribution in [0.25, 0.3) is 33.4 Å². The number of amides is 1. The first kappa shape index (κ1) is 23.0. The number of carbonyl (C=O) groups is 1. The highest BCUT2D eigenvalue weighted by molar-refractivity contribution is 5.97. The Hall–Kier alpha value is -4.14. The zero-order valence-electron chi connectivity index (χ0n) is 19.0. The summed E-state index contributed by atoms with van der Waals surface area (Å²) in [5.74, 6) is -0.00785. The Kier molecular flexibility index (Phi) is 6.62. The second kappa shape index (κ2) is 9.78. The largest absolute Gasteiger partial charge is 0.491 e. The maximum absolute atomic E-state index is 14.6. The van der Waals surface area contributed by atoms with E-state index in [1.54, 1.807) is 51.7 Å². The molecule has 2 heterocycles. The normalized spacial score (nSPS) is 10.9. The second-order valence-corrected chi connectivity index (χ2v) is 7.77. The van der Waals surface area contributed by atoms with Crippen molar-refractivity contribution in [3.8, 4) is 28.3 Å². The molecule has 174 valence electrons. The summed E-state index contributed by atoms with van der Waals surface area (Å²) < 4.78 is 34.5. The summed E-state index contributed by atoms with van der Waals surface area (Å²) in [4.78, 5) is 26.9. The molecule has 0 saturated heterocycles. The predicted octanol–water partition coefficient (Wildman–Crippen LogP) is 4.54. The summed E-state index contributed by atoms with van der Waals surface area (Å²) in [7, 11) is 5.04. The molecular formula is C25H23F2N5O2. The lowest BCUT2D eigenvalue weighted by atomic mass is 10.0. The van der Waals surface area contributed by atoms with Crippen LogP contribution in [0.4, 0.5) is 14.6 Å². The lowest BCUT2D eigenvalue weighted by molar-refractivity contribution is -0.129. The van der Waals surface area contributed by atoms with Crippen LogP contribution in [0.3, 0.4) is 0 Å². The van der Waals surface area contributed by atoms with Gasteiger partial charge >= 0.3 is 0 Å². The molecule has 0 aliphatic rings. The highest BCUT2D eigenvalue weighted by atomic mass is 19.1. The van der Waals surface area contributed by atoms with Crippen LogP contribution in [-0.4, -0.2) is 53.5 Å². The molecule has 0 unspecified atom stereocenters. The van der Waals surface area contributed by atoms with Crippen molar-refractivity contribution in [3.05, 3.63) is 66.5 Å². The first-order valence-corrected chi connectivity index (χ1v) is 10.6. The van der Waals surface area contributed by atoms with E-state index >= 15 is 0 Å². The molecule has 9 heteroatoms. The summed E-state index contributed by atoms with van der Waals surface area (Å²) in [6.45, 7) is 0.0856. The van der Waals surface area contributed by atoms with Crippen LogP contribution in [-0.2, 0) is 4.79 Å². The van der Waals surface area contributed by atoms with Crippen LogP contribution in [0.15, 0.2) is 54.9 Å². The standard InChI is InChI=1S/C25H23F2N5O2/c1-28-25-19-11-16(18-13-17(26)6-7-20(18)27)12-21(34-10-8-22(33)32(2)3)23(19)30-24(31-25)15-5-4-9-29-14-15/h4-7,9,11-14H,8,10H2,1-3H3,(H,28,30,31). The van der Waals surface area contributed by atoms with Crippen molar-refractivity contribution in [1.29, 1.82) is 0 Å². The van der Waals surface area contributed by atoms with Gasteiger partial charge in [0, 0.05) is 50.0 Å². The number of aromatic nitrogens is 3. The van der Waals surface area contributed by atoms with Gasteiger partial charge in [0.2, 0.25) is 5.91 Å². The molecule has 2 aromatic carbocycles. The number of rotatable bonds is 7. The smallest absolute Gasteiger partial charge is 0.225 e. The van der Waals surface area contributed by atoms with Gasteiger partial charge in [-0.05, 0) is 48.0 Å². The Bertz CT molecular complexity index is 1350. The van der Waals surface area contributed by atoms with Gasteiger partial charge in [0.05, 0.1) is 13.0 Å². The number of carbonyl (C=O) groups excluding carboxylic acids is 1. The van der Waals surface area contributed by atoms with Crippen molar-refractivity contribution in [2.45, 2.75) is 6.42 Å². The molecule has 0 bridgehead atoms. The van der Waals surface area contributed by atoms with E-state index < -0.39 is 11.6 Å². The van der Waals surface area contributed by atoms with Crippen molar-refractivity contribution < 1.29 is 18.3 Å². The Morgan fingerprint density at radius 3 is 2.62 bits per heavy atom. The lowest BCUT2D eigenvalue weighted by Crippen LogP contribution is -2.23. The number of nitrogens with zero attached hydrogens (tertiary/aromatic N) is 4. The van der Waals surface area contributed by atoms with Crippen molar-refractivity contribution >= 4 is 22.6 Å². The van der Waals surface area contributed by atoms with Crippen LogP contribution in [0, 0.1) is 11.6 Å². The van der Waals surface area contributed by atoms with Crippen LogP contribution >= 0.6 is 0 Å². The fourth-order valence-electron chi connectivity index (χ4n) is 3.47. The number of hydrogen-bond acceptors (Lipinski definition) is 6. The van der Waals surface area contributed by atoms with Crippen LogP contribution in [0.5, 0.6) is 5.75 Å². The highest BCUT2D eigenvalue weighted by Crippen LogP contribution is 2.37. The minimum atomic E-state index is -0.576. The Balaban J connectivity index is 1.89. The molecule has 0 atom stereocenters. The third-order valence-electron chi connectivity index (χ3n) is 5.23. The zero-order chi connectivity index (χ0) is 24.2. The highest BCUT2D eigenvalue weighted by Gasteiger charge is 2.18. The Labute approximate surface area is 195 Å². The molecule has 0 aliphatic heterocycles. The van der Waals surface area contributed by atoms with Crippen molar-refractivity contribution in [2.24, 2.45) is 0 Å². The molecule has 4 aromatic rings. The van der Waals surface area contributed by atoms with Crippen molar-refractivity contribution in [1.82, 2.24) is 19.9 Å². The Morgan fingerprint density at radius 1 is 1.09 bits per heavy atom. The van der Waals surface area contributed by atoms with Crippen molar-refractivity contribution in [3.63, 3.8) is 0 Å². The van der Waals surface area contributed by atoms with Gasteiger partial charge in [0.1, 0.15) is 28.7 Å². The van der Waals surface area contributed by atoms with E-state index in [2.05, 4.69) is 20.3 Å². The summed E-state index contributed by atoms with van der Waals surface area (Å²) >= 11 is 0. The molecule has 4 rings (SSSR count). The minimum Gasteiger partial charge on any atom is -0.491 e. The molecule has 1 N–H and O–H groups in total. The molecule has 0 aliphatic carbocycles. The summed E-state index contributed by atoms with van der Waals surface area (Å²) in [5.41, 5.74) is 1.65. The minimum absolute atomic E-state index is 0.0782. The van der Waals surface area contributed by atoms with E-state index in [1.165, 1.54) is 4.90 Å². The van der Waals surface area contributed by atoms with E-state index in [4.69, 9.17) is 4.74 Å². The molecule has 0 radical (unpaired) electrons. The summed E-state index contributed by atoms with van der Waals surface area (Å²) in [6, 6.07) is 10.2. The second-order valence-electron chi connectivity index (χ2n) is 7.77. The quantitative estimate of drug-likeness (QED) is 0.434. The monoisotopic (exact) mass is 463 g/mol. The van der Waals surface area contributed by atoms with E-state index in [0.717, 1.165) is 18.2 Å². The molecule has 34 heavy (non-hydrogen) atoms. The number of halogens is 2.